The predicted molar refractivity (Wildman–Crippen MR) is 134 cm³/mol. The zero-order valence-corrected chi connectivity index (χ0v) is 20.7. The summed E-state index contributed by atoms with van der Waals surface area (Å²) in [7, 11) is -3.86. The van der Waals surface area contributed by atoms with Crippen LogP contribution in [0.3, 0.4) is 0 Å². The Hall–Kier alpha value is -1.99. The molecule has 2 aromatic rings. The standard InChI is InChI=1S/C25H34N2O3S2/c1-20-9-13-22(14-10-20)27(32(29,30)24-15-11-21(2)12-16-24)19-25(28)26-17-6-18-31-23-7-4-3-5-8-23/h9-16,23H,3-8,17-19H2,1-2H3,(H,26,28). The van der Waals surface area contributed by atoms with Crippen molar-refractivity contribution in [1.82, 2.24) is 5.32 Å². The molecule has 1 saturated carbocycles. The minimum Gasteiger partial charge on any atom is -0.354 e. The second kappa shape index (κ2) is 11.8. The second-order valence-corrected chi connectivity index (χ2v) is 11.8. The van der Waals surface area contributed by atoms with Crippen molar-refractivity contribution in [3.05, 3.63) is 59.7 Å². The molecule has 0 spiro atoms. The molecule has 1 fully saturated rings. The number of nitrogens with zero attached hydrogens (tertiary/aromatic N) is 1. The van der Waals surface area contributed by atoms with E-state index in [9.17, 15) is 13.2 Å². The molecule has 5 nitrogen and oxygen atoms in total. The Morgan fingerprint density at radius 1 is 0.969 bits per heavy atom. The van der Waals surface area contributed by atoms with Crippen molar-refractivity contribution in [2.24, 2.45) is 0 Å². The highest BCUT2D eigenvalue weighted by Gasteiger charge is 2.27. The average Bonchev–Trinajstić information content (AvgIpc) is 2.79. The molecule has 0 bridgehead atoms. The van der Waals surface area contributed by atoms with E-state index in [1.165, 1.54) is 36.4 Å². The van der Waals surface area contributed by atoms with Crippen LogP contribution in [0.1, 0.15) is 49.7 Å². The van der Waals surface area contributed by atoms with Gasteiger partial charge in [-0.15, -0.1) is 0 Å². The summed E-state index contributed by atoms with van der Waals surface area (Å²) in [5.41, 5.74) is 2.50. The maximum Gasteiger partial charge on any atom is 0.264 e. The number of benzene rings is 2. The normalized spacial score (nSPS) is 14.8. The van der Waals surface area contributed by atoms with E-state index in [0.717, 1.165) is 28.6 Å². The zero-order chi connectivity index (χ0) is 23.0. The van der Waals surface area contributed by atoms with Gasteiger partial charge in [-0.3, -0.25) is 9.10 Å². The summed E-state index contributed by atoms with van der Waals surface area (Å²) < 4.78 is 27.9. The number of hydrogen-bond acceptors (Lipinski definition) is 4. The number of nitrogens with one attached hydrogen (secondary N) is 1. The molecule has 1 N–H and O–H groups in total. The summed E-state index contributed by atoms with van der Waals surface area (Å²) in [6.45, 7) is 4.18. The van der Waals surface area contributed by atoms with E-state index in [0.29, 0.717) is 12.2 Å². The number of hydrogen-bond donors (Lipinski definition) is 1. The van der Waals surface area contributed by atoms with Gasteiger partial charge >= 0.3 is 0 Å². The lowest BCUT2D eigenvalue weighted by Gasteiger charge is -2.24. The molecule has 2 aromatic carbocycles. The van der Waals surface area contributed by atoms with E-state index in [4.69, 9.17) is 0 Å². The van der Waals surface area contributed by atoms with Crippen LogP contribution in [0, 0.1) is 13.8 Å². The third-order valence-electron chi connectivity index (χ3n) is 5.77. The zero-order valence-electron chi connectivity index (χ0n) is 19.0. The van der Waals surface area contributed by atoms with E-state index in [-0.39, 0.29) is 17.3 Å². The van der Waals surface area contributed by atoms with Gasteiger partial charge in [0, 0.05) is 11.8 Å². The molecule has 174 valence electrons. The number of amides is 1. The van der Waals surface area contributed by atoms with Gasteiger partial charge in [-0.05, 0) is 63.1 Å². The highest BCUT2D eigenvalue weighted by Crippen LogP contribution is 2.28. The van der Waals surface area contributed by atoms with Gasteiger partial charge in [0.1, 0.15) is 6.54 Å². The maximum absolute atomic E-state index is 13.4. The van der Waals surface area contributed by atoms with Gasteiger partial charge in [0.15, 0.2) is 0 Å². The SMILES string of the molecule is Cc1ccc(N(CC(=O)NCCCSC2CCCCC2)S(=O)(=O)c2ccc(C)cc2)cc1. The molecule has 0 unspecified atom stereocenters. The lowest BCUT2D eigenvalue weighted by molar-refractivity contribution is -0.119. The van der Waals surface area contributed by atoms with Crippen molar-refractivity contribution in [1.29, 1.82) is 0 Å². The van der Waals surface area contributed by atoms with E-state index in [1.54, 1.807) is 36.4 Å². The average molecular weight is 475 g/mol. The number of sulfonamides is 1. The summed E-state index contributed by atoms with van der Waals surface area (Å²) in [5, 5.41) is 3.67. The fraction of sp³-hybridized carbons (Fsp3) is 0.480. The highest BCUT2D eigenvalue weighted by atomic mass is 32.2. The van der Waals surface area contributed by atoms with Crippen molar-refractivity contribution in [3.63, 3.8) is 0 Å². The van der Waals surface area contributed by atoms with Gasteiger partial charge in [-0.2, -0.15) is 11.8 Å². The smallest absolute Gasteiger partial charge is 0.264 e. The van der Waals surface area contributed by atoms with Crippen LogP contribution in [0.5, 0.6) is 0 Å². The van der Waals surface area contributed by atoms with Crippen LogP contribution in [0.4, 0.5) is 5.69 Å². The van der Waals surface area contributed by atoms with Gasteiger partial charge in [-0.25, -0.2) is 8.42 Å². The van der Waals surface area contributed by atoms with Crippen LogP contribution in [0.25, 0.3) is 0 Å². The first kappa shape index (κ1) is 24.6. The van der Waals surface area contributed by atoms with Crippen molar-refractivity contribution in [3.8, 4) is 0 Å². The number of anilines is 1. The largest absolute Gasteiger partial charge is 0.354 e. The summed E-state index contributed by atoms with van der Waals surface area (Å²) >= 11 is 2.01. The van der Waals surface area contributed by atoms with Crippen molar-refractivity contribution >= 4 is 33.4 Å². The van der Waals surface area contributed by atoms with Crippen LogP contribution >= 0.6 is 11.8 Å². The number of thioether (sulfide) groups is 1. The second-order valence-electron chi connectivity index (χ2n) is 8.49. The fourth-order valence-corrected chi connectivity index (χ4v) is 6.56. The van der Waals surface area contributed by atoms with Crippen LogP contribution in [0.2, 0.25) is 0 Å². The van der Waals surface area contributed by atoms with E-state index < -0.39 is 10.0 Å². The number of rotatable bonds is 10. The molecular formula is C25H34N2O3S2. The summed E-state index contributed by atoms with van der Waals surface area (Å²) in [4.78, 5) is 12.8. The van der Waals surface area contributed by atoms with Crippen molar-refractivity contribution < 1.29 is 13.2 Å². The molecular weight excluding hydrogens is 440 g/mol. The van der Waals surface area contributed by atoms with Crippen LogP contribution < -0.4 is 9.62 Å². The van der Waals surface area contributed by atoms with E-state index in [1.807, 2.05) is 37.7 Å². The molecule has 0 heterocycles. The van der Waals surface area contributed by atoms with Crippen molar-refractivity contribution in [2.75, 3.05) is 23.1 Å². The van der Waals surface area contributed by atoms with Gasteiger partial charge < -0.3 is 5.32 Å². The lowest BCUT2D eigenvalue weighted by atomic mass is 10.0. The minimum atomic E-state index is -3.86. The Kier molecular flexibility index (Phi) is 9.05. The number of carbonyl (C=O) groups excluding carboxylic acids is 1. The Bertz CT molecular complexity index is 967. The molecule has 0 aliphatic heterocycles. The Morgan fingerprint density at radius 2 is 1.56 bits per heavy atom. The molecule has 1 aliphatic carbocycles. The molecule has 7 heteroatoms. The van der Waals surface area contributed by atoms with E-state index >= 15 is 0 Å². The fourth-order valence-electron chi connectivity index (χ4n) is 3.83. The topological polar surface area (TPSA) is 66.5 Å². The van der Waals surface area contributed by atoms with Crippen LogP contribution in [-0.4, -0.2) is 38.4 Å². The molecule has 0 saturated heterocycles. The van der Waals surface area contributed by atoms with Gasteiger partial charge in [0.2, 0.25) is 5.91 Å². The number of carbonyl (C=O) groups is 1. The van der Waals surface area contributed by atoms with Crippen LogP contribution in [0.15, 0.2) is 53.4 Å². The summed E-state index contributed by atoms with van der Waals surface area (Å²) in [5.74, 6) is 0.734. The summed E-state index contributed by atoms with van der Waals surface area (Å²) in [6, 6.07) is 13.9. The van der Waals surface area contributed by atoms with Gasteiger partial charge in [-0.1, -0.05) is 54.7 Å². The third kappa shape index (κ3) is 7.01. The van der Waals surface area contributed by atoms with Gasteiger partial charge in [0.25, 0.3) is 10.0 Å². The van der Waals surface area contributed by atoms with Crippen LogP contribution in [-0.2, 0) is 14.8 Å². The number of aryl methyl sites for hydroxylation is 2. The Labute approximate surface area is 197 Å². The molecule has 0 atom stereocenters. The molecule has 0 aromatic heterocycles. The summed E-state index contributed by atoms with van der Waals surface area (Å²) in [6.07, 6.45) is 7.52. The predicted octanol–water partition coefficient (Wildman–Crippen LogP) is 5.07. The monoisotopic (exact) mass is 474 g/mol. The molecule has 3 rings (SSSR count). The third-order valence-corrected chi connectivity index (χ3v) is 9.02. The van der Waals surface area contributed by atoms with Gasteiger partial charge in [0.05, 0.1) is 10.6 Å². The highest BCUT2D eigenvalue weighted by molar-refractivity contribution is 7.99. The Balaban J connectivity index is 1.61. The Morgan fingerprint density at radius 3 is 2.19 bits per heavy atom. The first-order valence-electron chi connectivity index (χ1n) is 11.4. The minimum absolute atomic E-state index is 0.181. The molecule has 32 heavy (non-hydrogen) atoms. The molecule has 1 aliphatic rings. The lowest BCUT2D eigenvalue weighted by Crippen LogP contribution is -2.41. The first-order chi connectivity index (χ1) is 15.4. The maximum atomic E-state index is 13.4. The molecule has 0 radical (unpaired) electrons. The quantitative estimate of drug-likeness (QED) is 0.488. The molecule has 1 amide bonds. The first-order valence-corrected chi connectivity index (χ1v) is 13.9. The van der Waals surface area contributed by atoms with E-state index in [2.05, 4.69) is 5.32 Å². The van der Waals surface area contributed by atoms with Crippen molar-refractivity contribution in [2.45, 2.75) is 62.5 Å².